The van der Waals surface area contributed by atoms with Crippen molar-refractivity contribution in [3.8, 4) is 5.75 Å². The fourth-order valence-electron chi connectivity index (χ4n) is 2.65. The molecule has 0 amide bonds. The number of rotatable bonds is 11. The molecule has 2 nitrogen and oxygen atoms in total. The van der Waals surface area contributed by atoms with E-state index in [2.05, 4.69) is 33.0 Å². The van der Waals surface area contributed by atoms with Gasteiger partial charge in [-0.25, -0.2) is 0 Å². The van der Waals surface area contributed by atoms with Gasteiger partial charge in [-0.1, -0.05) is 58.7 Å². The van der Waals surface area contributed by atoms with Crippen LogP contribution in [0.1, 0.15) is 59.8 Å². The maximum absolute atomic E-state index is 5.92. The minimum atomic E-state index is 0.370. The van der Waals surface area contributed by atoms with Gasteiger partial charge in [0.05, 0.1) is 6.61 Å². The van der Waals surface area contributed by atoms with Gasteiger partial charge in [-0.05, 0) is 36.8 Å². The smallest absolute Gasteiger partial charge is 0.119 e. The molecule has 0 aliphatic heterocycles. The molecule has 1 aromatic rings. The molecule has 0 spiro atoms. The highest BCUT2D eigenvalue weighted by molar-refractivity contribution is 5.20. The molecule has 1 aromatic carbocycles. The Morgan fingerprint density at radius 2 is 1.81 bits per heavy atom. The lowest BCUT2D eigenvalue weighted by Crippen LogP contribution is -2.38. The third kappa shape index (κ3) is 6.99. The highest BCUT2D eigenvalue weighted by Crippen LogP contribution is 2.32. The number of ether oxygens (including phenoxy) is 1. The van der Waals surface area contributed by atoms with Crippen molar-refractivity contribution in [2.45, 2.75) is 65.8 Å². The first-order valence-electron chi connectivity index (χ1n) is 8.53. The second-order valence-corrected chi connectivity index (χ2v) is 6.40. The fraction of sp³-hybridized carbons (Fsp3) is 0.684. The summed E-state index contributed by atoms with van der Waals surface area (Å²) in [6.45, 7) is 10.9. The summed E-state index contributed by atoms with van der Waals surface area (Å²) in [6, 6.07) is 10.7. The van der Waals surface area contributed by atoms with Gasteiger partial charge >= 0.3 is 0 Å². The van der Waals surface area contributed by atoms with Crippen molar-refractivity contribution in [2.24, 2.45) is 5.41 Å². The number of hydrogen-bond acceptors (Lipinski definition) is 2. The zero-order valence-electron chi connectivity index (χ0n) is 14.3. The van der Waals surface area contributed by atoms with Crippen LogP contribution in [0.5, 0.6) is 5.75 Å². The van der Waals surface area contributed by atoms with Crippen molar-refractivity contribution in [3.63, 3.8) is 0 Å². The lowest BCUT2D eigenvalue weighted by Gasteiger charge is -2.34. The van der Waals surface area contributed by atoms with Crippen molar-refractivity contribution in [1.82, 2.24) is 5.32 Å². The van der Waals surface area contributed by atoms with Crippen LogP contribution >= 0.6 is 0 Å². The monoisotopic (exact) mass is 291 g/mol. The Morgan fingerprint density at radius 1 is 1.10 bits per heavy atom. The van der Waals surface area contributed by atoms with Crippen molar-refractivity contribution in [1.29, 1.82) is 0 Å². The van der Waals surface area contributed by atoms with Crippen LogP contribution in [0.4, 0.5) is 0 Å². The predicted octanol–water partition coefficient (Wildman–Crippen LogP) is 5.04. The average Bonchev–Trinajstić information content (AvgIpc) is 2.51. The Balaban J connectivity index is 2.53. The van der Waals surface area contributed by atoms with Gasteiger partial charge in [0.15, 0.2) is 0 Å². The minimum Gasteiger partial charge on any atom is -0.494 e. The Morgan fingerprint density at radius 3 is 2.38 bits per heavy atom. The maximum Gasteiger partial charge on any atom is 0.119 e. The summed E-state index contributed by atoms with van der Waals surface area (Å²) >= 11 is 0. The zero-order chi connectivity index (χ0) is 15.6. The Hall–Kier alpha value is -1.02. The van der Waals surface area contributed by atoms with Crippen LogP contribution in [0.2, 0.25) is 0 Å². The molecule has 1 atom stereocenters. The van der Waals surface area contributed by atoms with E-state index in [9.17, 15) is 0 Å². The number of benzene rings is 1. The van der Waals surface area contributed by atoms with Gasteiger partial charge in [-0.2, -0.15) is 0 Å². The van der Waals surface area contributed by atoms with Gasteiger partial charge in [0, 0.05) is 12.6 Å². The molecule has 0 fully saturated rings. The third-order valence-corrected chi connectivity index (χ3v) is 4.34. The number of hydrogen-bond donors (Lipinski definition) is 1. The molecule has 1 rings (SSSR count). The van der Waals surface area contributed by atoms with Gasteiger partial charge in [0.1, 0.15) is 5.75 Å². The number of unbranched alkanes of at least 4 members (excludes halogenated alkanes) is 1. The molecule has 0 radical (unpaired) electrons. The molecule has 0 heterocycles. The van der Waals surface area contributed by atoms with E-state index >= 15 is 0 Å². The van der Waals surface area contributed by atoms with Crippen LogP contribution in [-0.2, 0) is 0 Å². The first-order chi connectivity index (χ1) is 10.1. The van der Waals surface area contributed by atoms with Crippen molar-refractivity contribution in [2.75, 3.05) is 13.2 Å². The molecule has 0 bridgehead atoms. The van der Waals surface area contributed by atoms with Gasteiger partial charge in [0.2, 0.25) is 0 Å². The molecule has 0 aliphatic rings. The van der Waals surface area contributed by atoms with E-state index in [1.54, 1.807) is 0 Å². The standard InChI is InChI=1S/C19H33NO/c1-5-7-13-19(6-2,16-20-17(3)4)14-15-21-18-11-9-8-10-12-18/h8-12,17,20H,5-7,13-16H2,1-4H3. The number of para-hydroxylation sites is 1. The molecular formula is C19H33NO. The Kier molecular flexibility index (Phi) is 8.44. The van der Waals surface area contributed by atoms with Crippen LogP contribution in [-0.4, -0.2) is 19.2 Å². The van der Waals surface area contributed by atoms with Crippen molar-refractivity contribution < 1.29 is 4.74 Å². The lowest BCUT2D eigenvalue weighted by molar-refractivity contribution is 0.161. The Bertz CT molecular complexity index is 363. The lowest BCUT2D eigenvalue weighted by atomic mass is 9.77. The summed E-state index contributed by atoms with van der Waals surface area (Å²) in [6.07, 6.45) is 6.20. The van der Waals surface area contributed by atoms with E-state index in [0.29, 0.717) is 11.5 Å². The maximum atomic E-state index is 5.92. The number of nitrogens with one attached hydrogen (secondary N) is 1. The average molecular weight is 291 g/mol. The molecule has 2 heteroatoms. The van der Waals surface area contributed by atoms with Gasteiger partial charge in [0.25, 0.3) is 0 Å². The SMILES string of the molecule is CCCCC(CC)(CCOc1ccccc1)CNC(C)C. The summed E-state index contributed by atoms with van der Waals surface area (Å²) in [5.74, 6) is 0.981. The van der Waals surface area contributed by atoms with E-state index in [4.69, 9.17) is 4.74 Å². The minimum absolute atomic E-state index is 0.370. The van der Waals surface area contributed by atoms with Gasteiger partial charge in [-0.15, -0.1) is 0 Å². The summed E-state index contributed by atoms with van der Waals surface area (Å²) in [7, 11) is 0. The normalized spacial score (nSPS) is 14.1. The van der Waals surface area contributed by atoms with Crippen molar-refractivity contribution >= 4 is 0 Å². The third-order valence-electron chi connectivity index (χ3n) is 4.34. The van der Waals surface area contributed by atoms with Crippen LogP contribution < -0.4 is 10.1 Å². The molecular weight excluding hydrogens is 258 g/mol. The predicted molar refractivity (Wildman–Crippen MR) is 91.9 cm³/mol. The van der Waals surface area contributed by atoms with E-state index < -0.39 is 0 Å². The van der Waals surface area contributed by atoms with E-state index in [0.717, 1.165) is 25.3 Å². The Labute approximate surface area is 131 Å². The van der Waals surface area contributed by atoms with Crippen LogP contribution in [0.3, 0.4) is 0 Å². The largest absolute Gasteiger partial charge is 0.494 e. The van der Waals surface area contributed by atoms with Crippen molar-refractivity contribution in [3.05, 3.63) is 30.3 Å². The van der Waals surface area contributed by atoms with Crippen LogP contribution in [0, 0.1) is 5.41 Å². The van der Waals surface area contributed by atoms with E-state index in [1.807, 2.05) is 30.3 Å². The van der Waals surface area contributed by atoms with Gasteiger partial charge in [-0.3, -0.25) is 0 Å². The van der Waals surface area contributed by atoms with Crippen LogP contribution in [0.25, 0.3) is 0 Å². The van der Waals surface area contributed by atoms with Gasteiger partial charge < -0.3 is 10.1 Å². The first kappa shape index (κ1) is 18.0. The molecule has 0 aromatic heterocycles. The molecule has 0 saturated heterocycles. The van der Waals surface area contributed by atoms with E-state index in [1.165, 1.54) is 25.7 Å². The second kappa shape index (κ2) is 9.83. The summed E-state index contributed by atoms with van der Waals surface area (Å²) in [5.41, 5.74) is 0.370. The van der Waals surface area contributed by atoms with E-state index in [-0.39, 0.29) is 0 Å². The molecule has 21 heavy (non-hydrogen) atoms. The molecule has 1 unspecified atom stereocenters. The first-order valence-corrected chi connectivity index (χ1v) is 8.53. The molecule has 0 saturated carbocycles. The molecule has 1 N–H and O–H groups in total. The summed E-state index contributed by atoms with van der Waals surface area (Å²) < 4.78 is 5.92. The second-order valence-electron chi connectivity index (χ2n) is 6.40. The summed E-state index contributed by atoms with van der Waals surface area (Å²) in [5, 5.41) is 3.64. The highest BCUT2D eigenvalue weighted by atomic mass is 16.5. The highest BCUT2D eigenvalue weighted by Gasteiger charge is 2.27. The quantitative estimate of drug-likeness (QED) is 0.616. The summed E-state index contributed by atoms with van der Waals surface area (Å²) in [4.78, 5) is 0. The zero-order valence-corrected chi connectivity index (χ0v) is 14.3. The van der Waals surface area contributed by atoms with Crippen LogP contribution in [0.15, 0.2) is 30.3 Å². The fourth-order valence-corrected chi connectivity index (χ4v) is 2.65. The topological polar surface area (TPSA) is 21.3 Å². The molecule has 0 aliphatic carbocycles. The molecule has 120 valence electrons.